The molecule has 1 aromatic heterocycles. The molecule has 1 atom stereocenters. The first kappa shape index (κ1) is 22.1. The van der Waals surface area contributed by atoms with Crippen LogP contribution in [0.4, 0.5) is 24.5 Å². The molecule has 1 fully saturated rings. The third-order valence-electron chi connectivity index (χ3n) is 5.50. The van der Waals surface area contributed by atoms with Crippen LogP contribution in [-0.2, 0) is 4.74 Å². The summed E-state index contributed by atoms with van der Waals surface area (Å²) in [6.45, 7) is 2.72. The second-order valence-corrected chi connectivity index (χ2v) is 8.93. The van der Waals surface area contributed by atoms with Gasteiger partial charge in [-0.25, -0.2) is 19.0 Å². The Kier molecular flexibility index (Phi) is 6.11. The average molecular weight is 459 g/mol. The summed E-state index contributed by atoms with van der Waals surface area (Å²) in [6.07, 6.45) is 1.44. The molecular formula is C23H21F3N4OS. The SMILES string of the molecule is Cc1cc(-c2ccc(C#N)c(F)c2)c(-c2cc(N)c(N(N)C3CCCOC3)c(F)c2F)s1. The van der Waals surface area contributed by atoms with E-state index in [9.17, 15) is 4.39 Å². The number of hydrogen-bond donors (Lipinski definition) is 2. The van der Waals surface area contributed by atoms with Gasteiger partial charge >= 0.3 is 0 Å². The maximum absolute atomic E-state index is 15.3. The summed E-state index contributed by atoms with van der Waals surface area (Å²) in [5, 5.41) is 10.1. The predicted octanol–water partition coefficient (Wildman–Crippen LogP) is 5.12. The summed E-state index contributed by atoms with van der Waals surface area (Å²) in [7, 11) is 0. The van der Waals surface area contributed by atoms with E-state index in [1.165, 1.54) is 29.5 Å². The maximum Gasteiger partial charge on any atom is 0.186 e. The molecule has 0 spiro atoms. The fourth-order valence-electron chi connectivity index (χ4n) is 3.89. The number of halogens is 3. The quantitative estimate of drug-likeness (QED) is 0.322. The largest absolute Gasteiger partial charge is 0.397 e. The Morgan fingerprint density at radius 1 is 1.16 bits per heavy atom. The maximum atomic E-state index is 15.3. The molecule has 1 aliphatic rings. The van der Waals surface area contributed by atoms with Crippen LogP contribution in [0.3, 0.4) is 0 Å². The first-order valence-electron chi connectivity index (χ1n) is 10.0. The molecule has 3 aromatic rings. The molecule has 0 amide bonds. The Balaban J connectivity index is 1.80. The summed E-state index contributed by atoms with van der Waals surface area (Å²) in [6, 6.07) is 8.71. The van der Waals surface area contributed by atoms with Crippen LogP contribution in [0.1, 0.15) is 23.3 Å². The van der Waals surface area contributed by atoms with E-state index in [4.69, 9.17) is 21.6 Å². The molecule has 1 aliphatic heterocycles. The monoisotopic (exact) mass is 458 g/mol. The second kappa shape index (κ2) is 8.82. The van der Waals surface area contributed by atoms with Crippen molar-refractivity contribution >= 4 is 22.7 Å². The molecule has 1 saturated heterocycles. The van der Waals surface area contributed by atoms with Crippen LogP contribution in [0.5, 0.6) is 0 Å². The summed E-state index contributed by atoms with van der Waals surface area (Å²) < 4.78 is 50.1. The lowest BCUT2D eigenvalue weighted by Gasteiger charge is -2.33. The van der Waals surface area contributed by atoms with Crippen LogP contribution in [0, 0.1) is 35.7 Å². The fourth-order valence-corrected chi connectivity index (χ4v) is 4.94. The molecule has 9 heteroatoms. The number of hydrazine groups is 1. The van der Waals surface area contributed by atoms with Gasteiger partial charge in [-0.05, 0) is 49.6 Å². The third kappa shape index (κ3) is 3.93. The Hall–Kier alpha value is -3.06. The van der Waals surface area contributed by atoms with Gasteiger partial charge in [0.15, 0.2) is 11.6 Å². The van der Waals surface area contributed by atoms with Crippen molar-refractivity contribution in [2.45, 2.75) is 25.8 Å². The molecular weight excluding hydrogens is 437 g/mol. The number of nitrogens with two attached hydrogens (primary N) is 2. The zero-order valence-electron chi connectivity index (χ0n) is 17.3. The lowest BCUT2D eigenvalue weighted by atomic mass is 9.99. The zero-order valence-corrected chi connectivity index (χ0v) is 18.1. The van der Waals surface area contributed by atoms with Gasteiger partial charge < -0.3 is 15.5 Å². The van der Waals surface area contributed by atoms with Crippen molar-refractivity contribution in [3.8, 4) is 27.6 Å². The molecule has 1 unspecified atom stereocenters. The van der Waals surface area contributed by atoms with Crippen LogP contribution >= 0.6 is 11.3 Å². The fraction of sp³-hybridized carbons (Fsp3) is 0.261. The lowest BCUT2D eigenvalue weighted by molar-refractivity contribution is 0.0791. The Bertz CT molecular complexity index is 1210. The number of thiophene rings is 1. The Morgan fingerprint density at radius 2 is 1.94 bits per heavy atom. The average Bonchev–Trinajstić information content (AvgIpc) is 3.18. The molecule has 32 heavy (non-hydrogen) atoms. The van der Waals surface area contributed by atoms with Crippen LogP contribution in [0.25, 0.3) is 21.6 Å². The van der Waals surface area contributed by atoms with E-state index < -0.39 is 17.5 Å². The smallest absolute Gasteiger partial charge is 0.186 e. The van der Waals surface area contributed by atoms with Crippen LogP contribution in [0.2, 0.25) is 0 Å². The highest BCUT2D eigenvalue weighted by molar-refractivity contribution is 7.16. The molecule has 166 valence electrons. The number of rotatable bonds is 4. The minimum Gasteiger partial charge on any atom is -0.397 e. The standard InChI is InChI=1S/C23H21F3N4OS/c1-12-7-16(13-4-5-14(10-27)18(24)8-13)23(32-12)17-9-19(28)22(21(26)20(17)25)30(29)15-3-2-6-31-11-15/h4-5,7-9,15H,2-3,6,11,28-29H2,1H3. The number of hydrogen-bond acceptors (Lipinski definition) is 6. The highest BCUT2D eigenvalue weighted by atomic mass is 32.1. The topological polar surface area (TPSA) is 88.3 Å². The van der Waals surface area contributed by atoms with Crippen molar-refractivity contribution in [2.75, 3.05) is 24.0 Å². The predicted molar refractivity (Wildman–Crippen MR) is 119 cm³/mol. The molecule has 2 heterocycles. The lowest BCUT2D eigenvalue weighted by Crippen LogP contribution is -2.46. The zero-order chi connectivity index (χ0) is 23.0. The summed E-state index contributed by atoms with van der Waals surface area (Å²) in [4.78, 5) is 1.23. The van der Waals surface area contributed by atoms with E-state index in [1.54, 1.807) is 18.2 Å². The first-order chi connectivity index (χ1) is 15.3. The summed E-state index contributed by atoms with van der Waals surface area (Å²) in [5.41, 5.74) is 6.76. The van der Waals surface area contributed by atoms with Gasteiger partial charge in [0.2, 0.25) is 0 Å². The van der Waals surface area contributed by atoms with Crippen molar-refractivity contribution in [3.05, 3.63) is 58.2 Å². The Labute approximate surface area is 187 Å². The highest BCUT2D eigenvalue weighted by Crippen LogP contribution is 2.44. The van der Waals surface area contributed by atoms with Gasteiger partial charge in [0.25, 0.3) is 0 Å². The van der Waals surface area contributed by atoms with Crippen molar-refractivity contribution < 1.29 is 17.9 Å². The van der Waals surface area contributed by atoms with Crippen molar-refractivity contribution in [2.24, 2.45) is 5.84 Å². The third-order valence-corrected chi connectivity index (χ3v) is 6.58. The van der Waals surface area contributed by atoms with Crippen molar-refractivity contribution in [1.29, 1.82) is 5.26 Å². The van der Waals surface area contributed by atoms with E-state index in [0.29, 0.717) is 35.6 Å². The molecule has 5 nitrogen and oxygen atoms in total. The molecule has 0 aliphatic carbocycles. The van der Waals surface area contributed by atoms with Gasteiger partial charge in [0.1, 0.15) is 17.6 Å². The highest BCUT2D eigenvalue weighted by Gasteiger charge is 2.28. The molecule has 0 saturated carbocycles. The van der Waals surface area contributed by atoms with Crippen LogP contribution in [-0.4, -0.2) is 19.3 Å². The van der Waals surface area contributed by atoms with Gasteiger partial charge in [-0.1, -0.05) is 6.07 Å². The first-order valence-corrected chi connectivity index (χ1v) is 10.8. The Morgan fingerprint density at radius 3 is 2.59 bits per heavy atom. The summed E-state index contributed by atoms with van der Waals surface area (Å²) in [5.74, 6) is 3.19. The van der Waals surface area contributed by atoms with Gasteiger partial charge in [-0.2, -0.15) is 5.26 Å². The van der Waals surface area contributed by atoms with Gasteiger partial charge in [0.05, 0.1) is 23.9 Å². The van der Waals surface area contributed by atoms with Crippen LogP contribution in [0.15, 0.2) is 30.3 Å². The second-order valence-electron chi connectivity index (χ2n) is 7.67. The van der Waals surface area contributed by atoms with E-state index >= 15 is 8.78 Å². The number of anilines is 2. The minimum absolute atomic E-state index is 0.00464. The van der Waals surface area contributed by atoms with E-state index in [0.717, 1.165) is 16.3 Å². The van der Waals surface area contributed by atoms with Gasteiger partial charge in [0, 0.05) is 27.5 Å². The number of benzene rings is 2. The normalized spacial score (nSPS) is 16.1. The molecule has 0 bridgehead atoms. The van der Waals surface area contributed by atoms with E-state index in [1.807, 2.05) is 6.92 Å². The summed E-state index contributed by atoms with van der Waals surface area (Å²) >= 11 is 1.24. The minimum atomic E-state index is -1.14. The number of aryl methyl sites for hydroxylation is 1. The number of nitrogen functional groups attached to an aromatic ring is 1. The molecule has 2 aromatic carbocycles. The molecule has 4 N–H and O–H groups in total. The van der Waals surface area contributed by atoms with E-state index in [2.05, 4.69) is 0 Å². The molecule has 4 rings (SSSR count). The van der Waals surface area contributed by atoms with Gasteiger partial charge in [-0.3, -0.25) is 0 Å². The van der Waals surface area contributed by atoms with E-state index in [-0.39, 0.29) is 28.5 Å². The van der Waals surface area contributed by atoms with Gasteiger partial charge in [-0.15, -0.1) is 11.3 Å². The number of ether oxygens (including phenoxy) is 1. The van der Waals surface area contributed by atoms with Crippen LogP contribution < -0.4 is 16.6 Å². The number of nitrogens with zero attached hydrogens (tertiary/aromatic N) is 2. The van der Waals surface area contributed by atoms with Crippen molar-refractivity contribution in [3.63, 3.8) is 0 Å². The number of nitriles is 1. The molecule has 0 radical (unpaired) electrons. The van der Waals surface area contributed by atoms with Crippen molar-refractivity contribution in [1.82, 2.24) is 0 Å².